The predicted octanol–water partition coefficient (Wildman–Crippen LogP) is 1.51. The largest absolute Gasteiger partial charge is 0.384 e. The molecule has 1 aliphatic rings. The molecular formula is C13H19N5. The molecule has 0 radical (unpaired) electrons. The summed E-state index contributed by atoms with van der Waals surface area (Å²) in [5, 5.41) is 4.34. The second kappa shape index (κ2) is 4.24. The molecule has 2 aromatic rings. The average Bonchev–Trinajstić information content (AvgIpc) is 2.94. The Balaban J connectivity index is 1.94. The summed E-state index contributed by atoms with van der Waals surface area (Å²) in [6.45, 7) is 6.74. The van der Waals surface area contributed by atoms with Gasteiger partial charge in [0.25, 0.3) is 0 Å². The normalized spacial score (nSPS) is 21.2. The molecule has 0 aromatic carbocycles. The number of anilines is 1. The van der Waals surface area contributed by atoms with Crippen LogP contribution in [0.5, 0.6) is 0 Å². The standard InChI is InChI=1S/C13H19N5/c1-9(2)17-6-4-10(8-17)11-7-16-18-12(14)3-5-15-13(11)18/h3,5,7,9-10H,4,6,8,14H2,1-2H3. The number of likely N-dealkylation sites (tertiary alicyclic amines) is 1. The third-order valence-corrected chi connectivity index (χ3v) is 3.85. The van der Waals surface area contributed by atoms with Crippen LogP contribution in [0.1, 0.15) is 31.7 Å². The zero-order valence-corrected chi connectivity index (χ0v) is 10.9. The zero-order chi connectivity index (χ0) is 12.7. The fourth-order valence-corrected chi connectivity index (χ4v) is 2.73. The van der Waals surface area contributed by atoms with E-state index in [1.807, 2.05) is 6.20 Å². The molecule has 3 heterocycles. The third kappa shape index (κ3) is 1.75. The summed E-state index contributed by atoms with van der Waals surface area (Å²) < 4.78 is 1.73. The van der Waals surface area contributed by atoms with Crippen LogP contribution < -0.4 is 5.73 Å². The second-order valence-electron chi connectivity index (χ2n) is 5.28. The van der Waals surface area contributed by atoms with Gasteiger partial charge in [0.05, 0.1) is 6.20 Å². The molecule has 0 aliphatic carbocycles. The van der Waals surface area contributed by atoms with Gasteiger partial charge in [-0.05, 0) is 32.9 Å². The highest BCUT2D eigenvalue weighted by atomic mass is 15.3. The van der Waals surface area contributed by atoms with E-state index in [9.17, 15) is 0 Å². The lowest BCUT2D eigenvalue weighted by Gasteiger charge is -2.19. The second-order valence-corrected chi connectivity index (χ2v) is 5.28. The van der Waals surface area contributed by atoms with Crippen molar-refractivity contribution in [3.63, 3.8) is 0 Å². The molecule has 1 aliphatic heterocycles. The molecule has 1 unspecified atom stereocenters. The number of nitrogens with zero attached hydrogens (tertiary/aromatic N) is 4. The molecule has 0 bridgehead atoms. The van der Waals surface area contributed by atoms with Crippen molar-refractivity contribution in [3.05, 3.63) is 24.0 Å². The Labute approximate surface area is 107 Å². The molecule has 2 N–H and O–H groups in total. The molecule has 2 aromatic heterocycles. The van der Waals surface area contributed by atoms with Gasteiger partial charge in [-0.3, -0.25) is 0 Å². The Bertz CT molecular complexity index is 560. The number of nitrogens with two attached hydrogens (primary N) is 1. The van der Waals surface area contributed by atoms with Crippen molar-refractivity contribution in [1.29, 1.82) is 0 Å². The average molecular weight is 245 g/mol. The van der Waals surface area contributed by atoms with Gasteiger partial charge >= 0.3 is 0 Å². The van der Waals surface area contributed by atoms with Crippen molar-refractivity contribution < 1.29 is 0 Å². The molecule has 0 saturated carbocycles. The molecule has 1 saturated heterocycles. The van der Waals surface area contributed by atoms with E-state index in [1.165, 1.54) is 12.0 Å². The highest BCUT2D eigenvalue weighted by molar-refractivity contribution is 5.53. The summed E-state index contributed by atoms with van der Waals surface area (Å²) >= 11 is 0. The van der Waals surface area contributed by atoms with Crippen molar-refractivity contribution in [3.8, 4) is 0 Å². The summed E-state index contributed by atoms with van der Waals surface area (Å²) in [5.74, 6) is 1.17. The Kier molecular flexibility index (Phi) is 2.70. The van der Waals surface area contributed by atoms with Gasteiger partial charge in [0.15, 0.2) is 5.65 Å². The molecule has 3 rings (SSSR count). The Hall–Kier alpha value is -1.62. The maximum Gasteiger partial charge on any atom is 0.160 e. The first-order valence-corrected chi connectivity index (χ1v) is 6.49. The van der Waals surface area contributed by atoms with Crippen LogP contribution >= 0.6 is 0 Å². The first-order valence-electron chi connectivity index (χ1n) is 6.49. The van der Waals surface area contributed by atoms with E-state index in [0.29, 0.717) is 17.8 Å². The lowest BCUT2D eigenvalue weighted by atomic mass is 10.0. The van der Waals surface area contributed by atoms with Gasteiger partial charge in [-0.25, -0.2) is 4.98 Å². The number of fused-ring (bicyclic) bond motifs is 1. The fourth-order valence-electron chi connectivity index (χ4n) is 2.73. The van der Waals surface area contributed by atoms with Gasteiger partial charge in [-0.15, -0.1) is 0 Å². The number of hydrogen-bond donors (Lipinski definition) is 1. The molecular weight excluding hydrogens is 226 g/mol. The molecule has 0 amide bonds. The Morgan fingerprint density at radius 1 is 1.44 bits per heavy atom. The van der Waals surface area contributed by atoms with E-state index >= 15 is 0 Å². The van der Waals surface area contributed by atoms with E-state index in [1.54, 1.807) is 16.8 Å². The number of nitrogen functional groups attached to an aromatic ring is 1. The lowest BCUT2D eigenvalue weighted by molar-refractivity contribution is 0.272. The Morgan fingerprint density at radius 3 is 3.00 bits per heavy atom. The van der Waals surface area contributed by atoms with Crippen LogP contribution in [0, 0.1) is 0 Å². The SMILES string of the molecule is CC(C)N1CCC(c2cnn3c(N)ccnc23)C1. The van der Waals surface area contributed by atoms with Gasteiger partial charge in [-0.1, -0.05) is 0 Å². The zero-order valence-electron chi connectivity index (χ0n) is 10.9. The minimum absolute atomic E-state index is 0.527. The number of aromatic nitrogens is 3. The first kappa shape index (κ1) is 11.5. The number of hydrogen-bond acceptors (Lipinski definition) is 4. The predicted molar refractivity (Wildman–Crippen MR) is 71.5 cm³/mol. The molecule has 96 valence electrons. The summed E-state index contributed by atoms with van der Waals surface area (Å²) in [7, 11) is 0. The molecule has 0 spiro atoms. The molecule has 18 heavy (non-hydrogen) atoms. The summed E-state index contributed by atoms with van der Waals surface area (Å²) in [5.41, 5.74) is 8.03. The lowest BCUT2D eigenvalue weighted by Crippen LogP contribution is -2.27. The van der Waals surface area contributed by atoms with E-state index in [0.717, 1.165) is 18.7 Å². The van der Waals surface area contributed by atoms with Gasteiger partial charge < -0.3 is 10.6 Å². The summed E-state index contributed by atoms with van der Waals surface area (Å²) in [4.78, 5) is 6.92. The van der Waals surface area contributed by atoms with Crippen LogP contribution in [-0.2, 0) is 0 Å². The van der Waals surface area contributed by atoms with E-state index in [4.69, 9.17) is 5.73 Å². The monoisotopic (exact) mass is 245 g/mol. The van der Waals surface area contributed by atoms with Crippen molar-refractivity contribution in [2.45, 2.75) is 32.2 Å². The van der Waals surface area contributed by atoms with Crippen LogP contribution in [-0.4, -0.2) is 38.6 Å². The van der Waals surface area contributed by atoms with Crippen molar-refractivity contribution >= 4 is 11.5 Å². The fraction of sp³-hybridized carbons (Fsp3) is 0.538. The van der Waals surface area contributed by atoms with Gasteiger partial charge in [-0.2, -0.15) is 9.61 Å². The highest BCUT2D eigenvalue weighted by Crippen LogP contribution is 2.30. The maximum atomic E-state index is 5.89. The first-order chi connectivity index (χ1) is 8.66. The molecule has 1 fully saturated rings. The van der Waals surface area contributed by atoms with Crippen LogP contribution in [0.2, 0.25) is 0 Å². The highest BCUT2D eigenvalue weighted by Gasteiger charge is 2.28. The van der Waals surface area contributed by atoms with Gasteiger partial charge in [0, 0.05) is 30.3 Å². The minimum Gasteiger partial charge on any atom is -0.384 e. The van der Waals surface area contributed by atoms with E-state index < -0.39 is 0 Å². The van der Waals surface area contributed by atoms with Crippen LogP contribution in [0.4, 0.5) is 5.82 Å². The van der Waals surface area contributed by atoms with Gasteiger partial charge in [0.1, 0.15) is 5.82 Å². The molecule has 1 atom stereocenters. The number of rotatable bonds is 2. The van der Waals surface area contributed by atoms with Crippen LogP contribution in [0.25, 0.3) is 5.65 Å². The minimum atomic E-state index is 0.527. The molecule has 5 nitrogen and oxygen atoms in total. The van der Waals surface area contributed by atoms with Crippen molar-refractivity contribution in [2.75, 3.05) is 18.8 Å². The van der Waals surface area contributed by atoms with Gasteiger partial charge in [0.2, 0.25) is 0 Å². The third-order valence-electron chi connectivity index (χ3n) is 3.85. The van der Waals surface area contributed by atoms with E-state index in [2.05, 4.69) is 28.8 Å². The van der Waals surface area contributed by atoms with E-state index in [-0.39, 0.29) is 0 Å². The maximum absolute atomic E-state index is 5.89. The molecule has 5 heteroatoms. The van der Waals surface area contributed by atoms with Crippen LogP contribution in [0.3, 0.4) is 0 Å². The quantitative estimate of drug-likeness (QED) is 0.871. The Morgan fingerprint density at radius 2 is 2.28 bits per heavy atom. The topological polar surface area (TPSA) is 59.5 Å². The van der Waals surface area contributed by atoms with Crippen molar-refractivity contribution in [2.24, 2.45) is 0 Å². The summed E-state index contributed by atoms with van der Waals surface area (Å²) in [6.07, 6.45) is 4.86. The van der Waals surface area contributed by atoms with Crippen LogP contribution in [0.15, 0.2) is 18.5 Å². The van der Waals surface area contributed by atoms with Crippen molar-refractivity contribution in [1.82, 2.24) is 19.5 Å². The smallest absolute Gasteiger partial charge is 0.160 e. The summed E-state index contributed by atoms with van der Waals surface area (Å²) in [6, 6.07) is 2.38.